The first-order chi connectivity index (χ1) is 14.6. The topological polar surface area (TPSA) is 65.2 Å². The summed E-state index contributed by atoms with van der Waals surface area (Å²) in [6, 6.07) is 7.46. The van der Waals surface area contributed by atoms with Crippen LogP contribution in [0.5, 0.6) is 0 Å². The highest BCUT2D eigenvalue weighted by atomic mass is 35.5. The number of hydrogen-bond acceptors (Lipinski definition) is 4. The van der Waals surface area contributed by atoms with Crippen molar-refractivity contribution in [2.45, 2.75) is 34.9 Å². The van der Waals surface area contributed by atoms with Crippen LogP contribution in [0.3, 0.4) is 0 Å². The molecule has 3 aromatic rings. The number of H-pyrrole nitrogens is 1. The molecule has 0 spiro atoms. The molecule has 2 aromatic carbocycles. The minimum atomic E-state index is -4.57. The summed E-state index contributed by atoms with van der Waals surface area (Å²) in [4.78, 5) is 4.72. The molecular formula is C21H21ClF3N3O2S. The van der Waals surface area contributed by atoms with Crippen LogP contribution in [0, 0.1) is 0 Å². The molecule has 1 aliphatic rings. The van der Waals surface area contributed by atoms with Crippen molar-refractivity contribution in [1.29, 1.82) is 0 Å². The van der Waals surface area contributed by atoms with Crippen LogP contribution in [0.15, 0.2) is 52.4 Å². The number of alkyl halides is 3. The number of halogens is 4. The zero-order valence-electron chi connectivity index (χ0n) is 16.6. The molecule has 0 radical (unpaired) electrons. The Morgan fingerprint density at radius 2 is 1.84 bits per heavy atom. The SMILES string of the molecule is CN1CCC(Nc2cc(S(=O)(=O)c3c[nH]c4ccc(C(F)(F)F)cc34)ccc2Cl)CC1. The number of nitrogens with zero attached hydrogens (tertiary/aromatic N) is 1. The number of sulfone groups is 1. The molecule has 0 aliphatic carbocycles. The Morgan fingerprint density at radius 3 is 2.52 bits per heavy atom. The highest BCUT2D eigenvalue weighted by molar-refractivity contribution is 7.91. The van der Waals surface area contributed by atoms with Gasteiger partial charge in [0.2, 0.25) is 9.84 Å². The molecule has 0 saturated carbocycles. The van der Waals surface area contributed by atoms with E-state index in [0.717, 1.165) is 38.1 Å². The van der Waals surface area contributed by atoms with E-state index in [0.29, 0.717) is 16.2 Å². The normalized spacial score (nSPS) is 16.7. The quantitative estimate of drug-likeness (QED) is 0.550. The first-order valence-electron chi connectivity index (χ1n) is 9.74. The van der Waals surface area contributed by atoms with Gasteiger partial charge in [0.05, 0.1) is 26.1 Å². The number of piperidine rings is 1. The summed E-state index contributed by atoms with van der Waals surface area (Å²) < 4.78 is 66.0. The predicted octanol–water partition coefficient (Wildman–Crippen LogP) is 5.18. The van der Waals surface area contributed by atoms with E-state index < -0.39 is 21.6 Å². The fourth-order valence-electron chi connectivity index (χ4n) is 3.78. The minimum absolute atomic E-state index is 0.00500. The zero-order chi connectivity index (χ0) is 22.4. The standard InChI is InChI=1S/C21H21ClF3N3O2S/c1-28-8-6-14(7-9-28)27-19-11-15(3-4-17(19)22)31(29,30)20-12-26-18-5-2-13(10-16(18)20)21(23,24)25/h2-5,10-12,14,26-27H,6-9H2,1H3. The third kappa shape index (κ3) is 4.40. The highest BCUT2D eigenvalue weighted by Gasteiger charge is 2.32. The predicted molar refractivity (Wildman–Crippen MR) is 114 cm³/mol. The molecule has 1 aromatic heterocycles. The lowest BCUT2D eigenvalue weighted by Crippen LogP contribution is -2.36. The van der Waals surface area contributed by atoms with Gasteiger partial charge in [0.1, 0.15) is 0 Å². The fraction of sp³-hybridized carbons (Fsp3) is 0.333. The lowest BCUT2D eigenvalue weighted by atomic mass is 10.1. The second kappa shape index (κ2) is 8.03. The lowest BCUT2D eigenvalue weighted by molar-refractivity contribution is -0.137. The van der Waals surface area contributed by atoms with Crippen LogP contribution in [0.2, 0.25) is 5.02 Å². The second-order valence-electron chi connectivity index (χ2n) is 7.78. The van der Waals surface area contributed by atoms with Crippen molar-refractivity contribution in [2.24, 2.45) is 0 Å². The smallest absolute Gasteiger partial charge is 0.381 e. The molecule has 1 saturated heterocycles. The number of aromatic amines is 1. The van der Waals surface area contributed by atoms with E-state index in [1.54, 1.807) is 0 Å². The average Bonchev–Trinajstić information content (AvgIpc) is 3.14. The van der Waals surface area contributed by atoms with Gasteiger partial charge in [-0.15, -0.1) is 0 Å². The summed E-state index contributed by atoms with van der Waals surface area (Å²) in [7, 11) is -2.04. The number of hydrogen-bond donors (Lipinski definition) is 2. The monoisotopic (exact) mass is 471 g/mol. The molecule has 0 amide bonds. The van der Waals surface area contributed by atoms with E-state index in [-0.39, 0.29) is 21.2 Å². The second-order valence-corrected chi connectivity index (χ2v) is 10.1. The van der Waals surface area contributed by atoms with Crippen LogP contribution in [0.4, 0.5) is 18.9 Å². The minimum Gasteiger partial charge on any atom is -0.381 e. The van der Waals surface area contributed by atoms with Crippen molar-refractivity contribution in [3.63, 3.8) is 0 Å². The Labute approximate surface area is 183 Å². The Hall–Kier alpha value is -2.23. The van der Waals surface area contributed by atoms with Gasteiger partial charge in [-0.2, -0.15) is 13.2 Å². The van der Waals surface area contributed by atoms with Gasteiger partial charge < -0.3 is 15.2 Å². The van der Waals surface area contributed by atoms with Crippen LogP contribution >= 0.6 is 11.6 Å². The maximum absolute atomic E-state index is 13.3. The molecular weight excluding hydrogens is 451 g/mol. The maximum Gasteiger partial charge on any atom is 0.416 e. The Balaban J connectivity index is 1.71. The van der Waals surface area contributed by atoms with Gasteiger partial charge in [-0.3, -0.25) is 0 Å². The molecule has 1 aliphatic heterocycles. The van der Waals surface area contributed by atoms with Crippen LogP contribution in [0.25, 0.3) is 10.9 Å². The number of likely N-dealkylation sites (tertiary alicyclic amines) is 1. The van der Waals surface area contributed by atoms with Gasteiger partial charge >= 0.3 is 6.18 Å². The Bertz CT molecular complexity index is 1220. The van der Waals surface area contributed by atoms with Gasteiger partial charge in [0.15, 0.2) is 0 Å². The van der Waals surface area contributed by atoms with Crippen molar-refractivity contribution < 1.29 is 21.6 Å². The molecule has 10 heteroatoms. The van der Waals surface area contributed by atoms with Crippen LogP contribution in [0.1, 0.15) is 18.4 Å². The lowest BCUT2D eigenvalue weighted by Gasteiger charge is -2.30. The molecule has 1 fully saturated rings. The molecule has 2 N–H and O–H groups in total. The molecule has 0 atom stereocenters. The van der Waals surface area contributed by atoms with Gasteiger partial charge in [0.25, 0.3) is 0 Å². The van der Waals surface area contributed by atoms with Gasteiger partial charge in [-0.25, -0.2) is 8.42 Å². The Kier molecular flexibility index (Phi) is 5.70. The van der Waals surface area contributed by atoms with Crippen LogP contribution in [-0.2, 0) is 16.0 Å². The van der Waals surface area contributed by atoms with Crippen LogP contribution < -0.4 is 5.32 Å². The number of fused-ring (bicyclic) bond motifs is 1. The molecule has 0 unspecified atom stereocenters. The summed E-state index contributed by atoms with van der Waals surface area (Å²) in [5, 5.41) is 3.69. The summed E-state index contributed by atoms with van der Waals surface area (Å²) >= 11 is 6.29. The molecule has 31 heavy (non-hydrogen) atoms. The fourth-order valence-corrected chi connectivity index (χ4v) is 5.39. The Morgan fingerprint density at radius 1 is 1.13 bits per heavy atom. The van der Waals surface area contributed by atoms with E-state index in [9.17, 15) is 21.6 Å². The van der Waals surface area contributed by atoms with E-state index in [1.807, 2.05) is 7.05 Å². The third-order valence-electron chi connectivity index (χ3n) is 5.59. The summed E-state index contributed by atoms with van der Waals surface area (Å²) in [5.74, 6) is 0. The van der Waals surface area contributed by atoms with E-state index in [4.69, 9.17) is 11.6 Å². The van der Waals surface area contributed by atoms with E-state index >= 15 is 0 Å². The zero-order valence-corrected chi connectivity index (χ0v) is 18.2. The highest BCUT2D eigenvalue weighted by Crippen LogP contribution is 2.36. The van der Waals surface area contributed by atoms with Crippen LogP contribution in [-0.4, -0.2) is 44.5 Å². The van der Waals surface area contributed by atoms with Crippen molar-refractivity contribution in [3.8, 4) is 0 Å². The molecule has 2 heterocycles. The number of rotatable bonds is 4. The van der Waals surface area contributed by atoms with Gasteiger partial charge in [-0.1, -0.05) is 11.6 Å². The summed E-state index contributed by atoms with van der Waals surface area (Å²) in [5.41, 5.74) is -0.102. The van der Waals surface area contributed by atoms with Crippen molar-refractivity contribution in [1.82, 2.24) is 9.88 Å². The molecule has 166 valence electrons. The summed E-state index contributed by atoms with van der Waals surface area (Å²) in [6.45, 7) is 1.84. The van der Waals surface area contributed by atoms with Crippen molar-refractivity contribution >= 4 is 38.0 Å². The first kappa shape index (κ1) is 22.0. The van der Waals surface area contributed by atoms with Crippen molar-refractivity contribution in [3.05, 3.63) is 53.2 Å². The van der Waals surface area contributed by atoms with Gasteiger partial charge in [-0.05, 0) is 69.4 Å². The average molecular weight is 472 g/mol. The van der Waals surface area contributed by atoms with E-state index in [1.165, 1.54) is 30.5 Å². The molecule has 0 bridgehead atoms. The maximum atomic E-state index is 13.3. The number of nitrogens with one attached hydrogen (secondary N) is 2. The largest absolute Gasteiger partial charge is 0.416 e. The molecule has 4 rings (SSSR count). The molecule has 5 nitrogen and oxygen atoms in total. The first-order valence-corrected chi connectivity index (χ1v) is 11.6. The van der Waals surface area contributed by atoms with E-state index in [2.05, 4.69) is 15.2 Å². The van der Waals surface area contributed by atoms with Gasteiger partial charge in [0, 0.05) is 23.1 Å². The number of aromatic nitrogens is 1. The number of anilines is 1. The third-order valence-corrected chi connectivity index (χ3v) is 7.71. The van der Waals surface area contributed by atoms with Crippen molar-refractivity contribution in [2.75, 3.05) is 25.5 Å². The summed E-state index contributed by atoms with van der Waals surface area (Å²) in [6.07, 6.45) is -1.56. The number of benzene rings is 2.